The van der Waals surface area contributed by atoms with E-state index in [-0.39, 0.29) is 41.4 Å². The molecule has 2 aromatic rings. The fourth-order valence-electron chi connectivity index (χ4n) is 2.73. The van der Waals surface area contributed by atoms with E-state index in [4.69, 9.17) is 15.7 Å². The summed E-state index contributed by atoms with van der Waals surface area (Å²) in [7, 11) is -3.29. The number of hydrogen-bond donors (Lipinski definition) is 0. The van der Waals surface area contributed by atoms with Gasteiger partial charge in [-0.2, -0.15) is 0 Å². The first-order chi connectivity index (χ1) is 13.3. The van der Waals surface area contributed by atoms with E-state index in [1.54, 1.807) is 13.0 Å². The molecule has 0 N–H and O–H groups in total. The number of rotatable bonds is 3. The van der Waals surface area contributed by atoms with E-state index in [0.717, 1.165) is 6.08 Å². The van der Waals surface area contributed by atoms with E-state index >= 15 is 0 Å². The summed E-state index contributed by atoms with van der Waals surface area (Å²) in [6.07, 6.45) is 1.35. The molecule has 1 aliphatic heterocycles. The quantitative estimate of drug-likeness (QED) is 0.259. The summed E-state index contributed by atoms with van der Waals surface area (Å²) < 4.78 is 34.3. The smallest absolute Gasteiger partial charge is 0.342 e. The number of fused-ring (bicyclic) bond motifs is 2. The number of esters is 1. The van der Waals surface area contributed by atoms with Gasteiger partial charge in [0.1, 0.15) is 5.58 Å². The molecule has 0 fully saturated rings. The van der Waals surface area contributed by atoms with E-state index < -0.39 is 21.4 Å². The molecule has 7 nitrogen and oxygen atoms in total. The minimum absolute atomic E-state index is 0.00807. The van der Waals surface area contributed by atoms with Crippen LogP contribution in [-0.4, -0.2) is 26.7 Å². The monoisotopic (exact) mass is 397 g/mol. The molecule has 0 saturated heterocycles. The first kappa shape index (κ1) is 19.4. The lowest BCUT2D eigenvalue weighted by atomic mass is 10.0. The van der Waals surface area contributed by atoms with Crippen molar-refractivity contribution in [2.24, 2.45) is 0 Å². The van der Waals surface area contributed by atoms with Crippen molar-refractivity contribution < 1.29 is 22.4 Å². The first-order valence-electron chi connectivity index (χ1n) is 8.39. The Morgan fingerprint density at radius 3 is 2.89 bits per heavy atom. The van der Waals surface area contributed by atoms with Crippen LogP contribution >= 0.6 is 0 Å². The molecule has 142 valence electrons. The van der Waals surface area contributed by atoms with Crippen molar-refractivity contribution in [3.63, 3.8) is 0 Å². The van der Waals surface area contributed by atoms with Crippen LogP contribution in [0.15, 0.2) is 33.1 Å². The van der Waals surface area contributed by atoms with E-state index in [2.05, 4.69) is 16.7 Å². The normalized spacial score (nSPS) is 15.4. The SMILES string of the molecule is [C-]#[N+]/C(=C/c1cc2cc3c(cc2oc1=O)C#CCCS(=O)(=O)C3)C(=O)OCC. The van der Waals surface area contributed by atoms with Crippen LogP contribution in [-0.2, 0) is 25.1 Å². The lowest BCUT2D eigenvalue weighted by Gasteiger charge is -2.10. The Morgan fingerprint density at radius 2 is 2.18 bits per heavy atom. The average molecular weight is 397 g/mol. The Labute approximate surface area is 161 Å². The standard InChI is InChI=1S/C20H15NO6S/c1-3-26-20(23)17(21-2)10-15-8-14-9-16-12-28(24,25)7-5-4-6-13(16)11-18(14)27-19(15)22/h8-11H,3,5,7,12H2,1H3/b17-10+. The van der Waals surface area contributed by atoms with Crippen LogP contribution in [0.4, 0.5) is 0 Å². The topological polar surface area (TPSA) is 95.0 Å². The van der Waals surface area contributed by atoms with Crippen LogP contribution in [0, 0.1) is 18.4 Å². The zero-order valence-corrected chi connectivity index (χ0v) is 15.8. The fraction of sp³-hybridized carbons (Fsp3) is 0.250. The van der Waals surface area contributed by atoms with E-state index in [1.807, 2.05) is 0 Å². The zero-order valence-electron chi connectivity index (χ0n) is 14.9. The summed E-state index contributed by atoms with van der Waals surface area (Å²) in [5, 5.41) is 0.468. The average Bonchev–Trinajstić information content (AvgIpc) is 2.62. The zero-order chi connectivity index (χ0) is 20.3. The Balaban J connectivity index is 2.16. The number of hydrogen-bond acceptors (Lipinski definition) is 6. The molecule has 0 bridgehead atoms. The van der Waals surface area contributed by atoms with E-state index in [9.17, 15) is 18.0 Å². The number of benzene rings is 1. The van der Waals surface area contributed by atoms with Gasteiger partial charge in [0.25, 0.3) is 5.70 Å². The van der Waals surface area contributed by atoms with Crippen molar-refractivity contribution in [3.05, 3.63) is 62.4 Å². The van der Waals surface area contributed by atoms with Gasteiger partial charge in [-0.1, -0.05) is 11.8 Å². The van der Waals surface area contributed by atoms with Gasteiger partial charge >= 0.3 is 11.6 Å². The highest BCUT2D eigenvalue weighted by Gasteiger charge is 2.18. The number of sulfone groups is 1. The first-order valence-corrected chi connectivity index (χ1v) is 10.2. The van der Waals surface area contributed by atoms with E-state index in [1.165, 1.54) is 12.1 Å². The molecule has 0 amide bonds. The highest BCUT2D eigenvalue weighted by atomic mass is 32.2. The number of carbonyl (C=O) groups excluding carboxylic acids is 1. The predicted molar refractivity (Wildman–Crippen MR) is 103 cm³/mol. The third kappa shape index (κ3) is 4.13. The van der Waals surface area contributed by atoms with Gasteiger partial charge in [0.2, 0.25) is 0 Å². The van der Waals surface area contributed by atoms with Gasteiger partial charge in [0.15, 0.2) is 9.84 Å². The molecule has 0 saturated carbocycles. The van der Waals surface area contributed by atoms with Crippen molar-refractivity contribution in [2.45, 2.75) is 19.1 Å². The van der Waals surface area contributed by atoms with Gasteiger partial charge in [-0.05, 0) is 36.8 Å². The Morgan fingerprint density at radius 1 is 1.39 bits per heavy atom. The molecule has 2 heterocycles. The van der Waals surface area contributed by atoms with Crippen molar-refractivity contribution in [1.29, 1.82) is 0 Å². The molecule has 28 heavy (non-hydrogen) atoms. The molecular weight excluding hydrogens is 382 g/mol. The van der Waals surface area contributed by atoms with Crippen LogP contribution < -0.4 is 5.63 Å². The number of ether oxygens (including phenoxy) is 1. The molecule has 1 aromatic carbocycles. The lowest BCUT2D eigenvalue weighted by Crippen LogP contribution is -2.12. The van der Waals surface area contributed by atoms with Crippen molar-refractivity contribution >= 4 is 32.9 Å². The summed E-state index contributed by atoms with van der Waals surface area (Å²) in [5.74, 6) is 4.71. The second kappa shape index (κ2) is 7.71. The molecule has 0 aliphatic carbocycles. The molecule has 0 radical (unpaired) electrons. The molecule has 1 aromatic heterocycles. The van der Waals surface area contributed by atoms with Gasteiger partial charge in [-0.25, -0.2) is 18.1 Å². The largest absolute Gasteiger partial charge is 0.471 e. The van der Waals surface area contributed by atoms with Crippen LogP contribution in [0.2, 0.25) is 0 Å². The summed E-state index contributed by atoms with van der Waals surface area (Å²) in [5.41, 5.74) is 0.160. The minimum atomic E-state index is -3.29. The summed E-state index contributed by atoms with van der Waals surface area (Å²) in [6.45, 7) is 8.81. The minimum Gasteiger partial charge on any atom is -0.471 e. The molecule has 0 spiro atoms. The molecule has 3 rings (SSSR count). The van der Waals surface area contributed by atoms with Crippen LogP contribution in [0.25, 0.3) is 21.9 Å². The van der Waals surface area contributed by atoms with Gasteiger partial charge in [0, 0.05) is 17.4 Å². The second-order valence-electron chi connectivity index (χ2n) is 6.04. The number of carbonyl (C=O) groups is 1. The van der Waals surface area contributed by atoms with Crippen molar-refractivity contribution in [1.82, 2.24) is 0 Å². The van der Waals surface area contributed by atoms with Crippen LogP contribution in [0.1, 0.15) is 30.0 Å². The van der Waals surface area contributed by atoms with E-state index in [0.29, 0.717) is 16.5 Å². The number of nitrogens with zero attached hydrogens (tertiary/aromatic N) is 1. The van der Waals surface area contributed by atoms with Crippen LogP contribution in [0.3, 0.4) is 0 Å². The second-order valence-corrected chi connectivity index (χ2v) is 8.23. The molecule has 0 unspecified atom stereocenters. The molecule has 8 heteroatoms. The maximum absolute atomic E-state index is 12.3. The van der Waals surface area contributed by atoms with Crippen LogP contribution in [0.5, 0.6) is 0 Å². The molecule has 0 atom stereocenters. The summed E-state index contributed by atoms with van der Waals surface area (Å²) >= 11 is 0. The summed E-state index contributed by atoms with van der Waals surface area (Å²) in [6, 6.07) is 4.59. The fourth-order valence-corrected chi connectivity index (χ4v) is 4.00. The molecule has 1 aliphatic rings. The highest BCUT2D eigenvalue weighted by molar-refractivity contribution is 7.90. The van der Waals surface area contributed by atoms with Gasteiger partial charge < -0.3 is 9.15 Å². The third-order valence-corrected chi connectivity index (χ3v) is 5.60. The highest BCUT2D eigenvalue weighted by Crippen LogP contribution is 2.23. The van der Waals surface area contributed by atoms with Crippen molar-refractivity contribution in [3.8, 4) is 11.8 Å². The van der Waals surface area contributed by atoms with Gasteiger partial charge in [0.05, 0.1) is 30.2 Å². The Kier molecular flexibility index (Phi) is 5.34. The Hall–Kier alpha value is -3.36. The van der Waals surface area contributed by atoms with Gasteiger partial charge in [-0.3, -0.25) is 4.79 Å². The predicted octanol–water partition coefficient (Wildman–Crippen LogP) is 2.29. The maximum atomic E-state index is 12.3. The molecular formula is C20H15NO6S. The van der Waals surface area contributed by atoms with Crippen molar-refractivity contribution in [2.75, 3.05) is 12.4 Å². The maximum Gasteiger partial charge on any atom is 0.342 e. The van der Waals surface area contributed by atoms with Gasteiger partial charge in [-0.15, -0.1) is 0 Å². The lowest BCUT2D eigenvalue weighted by molar-refractivity contribution is -0.138. The third-order valence-electron chi connectivity index (χ3n) is 4.02. The Bertz CT molecular complexity index is 1270. The summed E-state index contributed by atoms with van der Waals surface area (Å²) in [4.78, 5) is 27.1.